The van der Waals surface area contributed by atoms with Crippen molar-refractivity contribution in [3.8, 4) is 0 Å². The van der Waals surface area contributed by atoms with Gasteiger partial charge in [0.25, 0.3) is 0 Å². The van der Waals surface area contributed by atoms with Gasteiger partial charge >= 0.3 is 0 Å². The lowest BCUT2D eigenvalue weighted by Crippen LogP contribution is -2.38. The highest BCUT2D eigenvalue weighted by atomic mass is 127. The molecule has 140 valence electrons. The fraction of sp³-hybridized carbons (Fsp3) is 0.368. The Morgan fingerprint density at radius 3 is 2.81 bits per heavy atom. The van der Waals surface area contributed by atoms with Gasteiger partial charge in [0.2, 0.25) is 0 Å². The molecule has 3 aromatic rings. The number of halogens is 1. The maximum atomic E-state index is 4.67. The summed E-state index contributed by atoms with van der Waals surface area (Å²) in [6, 6.07) is 10.7. The van der Waals surface area contributed by atoms with Crippen molar-refractivity contribution in [3.63, 3.8) is 0 Å². The van der Waals surface area contributed by atoms with Gasteiger partial charge in [-0.3, -0.25) is 4.99 Å². The number of para-hydroxylation sites is 1. The maximum Gasteiger partial charge on any atom is 0.191 e. The number of rotatable bonds is 8. The monoisotopic (exact) mass is 466 g/mol. The van der Waals surface area contributed by atoms with E-state index in [1.807, 2.05) is 17.1 Å². The molecule has 26 heavy (non-hydrogen) atoms. The summed E-state index contributed by atoms with van der Waals surface area (Å²) in [6.45, 7) is 6.42. The first-order valence-corrected chi connectivity index (χ1v) is 8.88. The van der Waals surface area contributed by atoms with Crippen molar-refractivity contribution >= 4 is 40.8 Å². The average Bonchev–Trinajstić information content (AvgIpc) is 3.28. The highest BCUT2D eigenvalue weighted by molar-refractivity contribution is 14.0. The van der Waals surface area contributed by atoms with Gasteiger partial charge in [0.15, 0.2) is 5.96 Å². The van der Waals surface area contributed by atoms with Gasteiger partial charge < -0.3 is 19.8 Å². The van der Waals surface area contributed by atoms with Crippen LogP contribution in [0.2, 0.25) is 0 Å². The second kappa shape index (κ2) is 10.8. The Morgan fingerprint density at radius 1 is 1.12 bits per heavy atom. The van der Waals surface area contributed by atoms with Gasteiger partial charge in [-0.1, -0.05) is 18.2 Å². The predicted octanol–water partition coefficient (Wildman–Crippen LogP) is 3.10. The number of hydrogen-bond acceptors (Lipinski definition) is 2. The molecule has 0 saturated carbocycles. The van der Waals surface area contributed by atoms with E-state index < -0.39 is 0 Å². The number of aryl methyl sites for hydroxylation is 1. The Kier molecular flexibility index (Phi) is 8.46. The largest absolute Gasteiger partial charge is 0.357 e. The summed E-state index contributed by atoms with van der Waals surface area (Å²) in [5, 5.41) is 7.95. The number of fused-ring (bicyclic) bond motifs is 1. The Balaban J connectivity index is 0.00000243. The van der Waals surface area contributed by atoms with Gasteiger partial charge in [0.1, 0.15) is 0 Å². The number of hydrogen-bond donors (Lipinski definition) is 2. The average molecular weight is 466 g/mol. The van der Waals surface area contributed by atoms with Crippen LogP contribution in [0.3, 0.4) is 0 Å². The molecule has 0 amide bonds. The third kappa shape index (κ3) is 5.76. The van der Waals surface area contributed by atoms with Crippen LogP contribution >= 0.6 is 24.0 Å². The molecule has 2 heterocycles. The Morgan fingerprint density at radius 2 is 2.00 bits per heavy atom. The van der Waals surface area contributed by atoms with E-state index in [-0.39, 0.29) is 24.0 Å². The molecule has 0 aliphatic rings. The van der Waals surface area contributed by atoms with E-state index in [0.29, 0.717) is 0 Å². The van der Waals surface area contributed by atoms with Crippen molar-refractivity contribution in [1.29, 1.82) is 0 Å². The van der Waals surface area contributed by atoms with Crippen molar-refractivity contribution in [2.75, 3.05) is 19.6 Å². The van der Waals surface area contributed by atoms with Crippen molar-refractivity contribution in [3.05, 3.63) is 55.2 Å². The lowest BCUT2D eigenvalue weighted by molar-refractivity contribution is 0.650. The molecule has 0 atom stereocenters. The summed E-state index contributed by atoms with van der Waals surface area (Å²) in [7, 11) is 0. The summed E-state index contributed by atoms with van der Waals surface area (Å²) >= 11 is 0. The standard InChI is InChI=1S/C19H26N6.HI/c1-2-21-19(23-11-15-24-14-10-20-16-24)22-9-5-12-25-13-8-17-6-3-4-7-18(17)25;/h3-4,6-8,10,13-14,16H,2,5,9,11-12,15H2,1H3,(H2,21,22,23);1H. The zero-order valence-corrected chi connectivity index (χ0v) is 17.5. The first kappa shape index (κ1) is 20.3. The molecule has 0 unspecified atom stereocenters. The van der Waals surface area contributed by atoms with Crippen molar-refractivity contribution in [2.24, 2.45) is 4.99 Å². The molecule has 0 aliphatic carbocycles. The minimum atomic E-state index is 0. The van der Waals surface area contributed by atoms with E-state index in [4.69, 9.17) is 0 Å². The van der Waals surface area contributed by atoms with Crippen molar-refractivity contribution in [1.82, 2.24) is 24.8 Å². The molecule has 2 N–H and O–H groups in total. The van der Waals surface area contributed by atoms with Crippen LogP contribution in [0.5, 0.6) is 0 Å². The first-order valence-electron chi connectivity index (χ1n) is 8.88. The molecular formula is C19H27IN6. The number of benzene rings is 1. The molecule has 0 aliphatic heterocycles. The van der Waals surface area contributed by atoms with Crippen LogP contribution in [0.4, 0.5) is 0 Å². The minimum absolute atomic E-state index is 0. The zero-order valence-electron chi connectivity index (χ0n) is 15.1. The third-order valence-corrected chi connectivity index (χ3v) is 4.07. The summed E-state index contributed by atoms with van der Waals surface area (Å²) in [6.07, 6.45) is 8.75. The number of nitrogens with one attached hydrogen (secondary N) is 2. The van der Waals surface area contributed by atoms with Gasteiger partial charge in [-0.2, -0.15) is 0 Å². The molecule has 0 saturated heterocycles. The molecular weight excluding hydrogens is 439 g/mol. The van der Waals surface area contributed by atoms with Crippen LogP contribution in [0.15, 0.2) is 60.2 Å². The summed E-state index contributed by atoms with van der Waals surface area (Å²) < 4.78 is 4.35. The van der Waals surface area contributed by atoms with Crippen LogP contribution in [0, 0.1) is 0 Å². The number of imidazole rings is 1. The molecule has 0 bridgehead atoms. The van der Waals surface area contributed by atoms with Gasteiger partial charge in [0.05, 0.1) is 6.33 Å². The second-order valence-corrected chi connectivity index (χ2v) is 5.91. The number of aliphatic imine (C=N–C) groups is 1. The van der Waals surface area contributed by atoms with Crippen molar-refractivity contribution in [2.45, 2.75) is 26.4 Å². The van der Waals surface area contributed by atoms with Crippen LogP contribution < -0.4 is 10.6 Å². The van der Waals surface area contributed by atoms with Crippen LogP contribution in [-0.4, -0.2) is 39.7 Å². The van der Waals surface area contributed by atoms with E-state index in [1.165, 1.54) is 10.9 Å². The molecule has 6 nitrogen and oxygen atoms in total. The molecule has 3 rings (SSSR count). The Bertz CT molecular complexity index is 793. The molecule has 0 spiro atoms. The Hall–Kier alpha value is -2.03. The van der Waals surface area contributed by atoms with E-state index in [1.54, 1.807) is 6.20 Å². The lowest BCUT2D eigenvalue weighted by Gasteiger charge is -2.11. The quantitative estimate of drug-likeness (QED) is 0.232. The van der Waals surface area contributed by atoms with E-state index in [2.05, 4.69) is 68.6 Å². The van der Waals surface area contributed by atoms with E-state index >= 15 is 0 Å². The third-order valence-electron chi connectivity index (χ3n) is 4.07. The number of aromatic nitrogens is 3. The topological polar surface area (TPSA) is 59.2 Å². The molecule has 2 aromatic heterocycles. The van der Waals surface area contributed by atoms with Gasteiger partial charge in [0, 0.05) is 56.8 Å². The molecule has 0 radical (unpaired) electrons. The van der Waals surface area contributed by atoms with E-state index in [0.717, 1.165) is 45.1 Å². The van der Waals surface area contributed by atoms with Crippen LogP contribution in [0.1, 0.15) is 13.3 Å². The predicted molar refractivity (Wildman–Crippen MR) is 118 cm³/mol. The lowest BCUT2D eigenvalue weighted by atomic mass is 10.2. The highest BCUT2D eigenvalue weighted by Gasteiger charge is 2.00. The Labute approximate surface area is 171 Å². The normalized spacial score (nSPS) is 11.3. The first-order chi connectivity index (χ1) is 12.4. The zero-order chi connectivity index (χ0) is 17.3. The summed E-state index contributed by atoms with van der Waals surface area (Å²) in [5.74, 6) is 0.875. The maximum absolute atomic E-state index is 4.67. The van der Waals surface area contributed by atoms with Crippen LogP contribution in [-0.2, 0) is 13.1 Å². The number of guanidine groups is 1. The smallest absolute Gasteiger partial charge is 0.191 e. The minimum Gasteiger partial charge on any atom is -0.357 e. The fourth-order valence-corrected chi connectivity index (χ4v) is 2.83. The van der Waals surface area contributed by atoms with Gasteiger partial charge in [-0.25, -0.2) is 4.98 Å². The van der Waals surface area contributed by atoms with Crippen molar-refractivity contribution < 1.29 is 0 Å². The summed E-state index contributed by atoms with van der Waals surface area (Å²) in [4.78, 5) is 8.72. The van der Waals surface area contributed by atoms with Gasteiger partial charge in [-0.15, -0.1) is 24.0 Å². The molecule has 0 fully saturated rings. The fourth-order valence-electron chi connectivity index (χ4n) is 2.83. The molecule has 7 heteroatoms. The summed E-state index contributed by atoms with van der Waals surface area (Å²) in [5.41, 5.74) is 1.29. The highest BCUT2D eigenvalue weighted by Crippen LogP contribution is 2.15. The number of nitrogens with zero attached hydrogens (tertiary/aromatic N) is 4. The SMILES string of the molecule is CCNC(=NCCCn1ccc2ccccc21)NCCn1ccnc1.I. The molecule has 1 aromatic carbocycles. The van der Waals surface area contributed by atoms with E-state index in [9.17, 15) is 0 Å². The second-order valence-electron chi connectivity index (χ2n) is 5.91. The van der Waals surface area contributed by atoms with Crippen LogP contribution in [0.25, 0.3) is 10.9 Å². The van der Waals surface area contributed by atoms with Gasteiger partial charge in [-0.05, 0) is 30.9 Å².